The van der Waals surface area contributed by atoms with Gasteiger partial charge in [-0.3, -0.25) is 4.79 Å². The molecule has 0 spiro atoms. The Hall–Kier alpha value is -0.940. The third-order valence-corrected chi connectivity index (χ3v) is 4.33. The zero-order valence-electron chi connectivity index (χ0n) is 12.0. The number of benzene rings is 1. The second-order valence-electron chi connectivity index (χ2n) is 6.25. The van der Waals surface area contributed by atoms with Crippen LogP contribution >= 0.6 is 15.9 Å². The molecule has 1 amide bonds. The van der Waals surface area contributed by atoms with Gasteiger partial charge in [-0.2, -0.15) is 0 Å². The van der Waals surface area contributed by atoms with Gasteiger partial charge < -0.3 is 10.6 Å². The van der Waals surface area contributed by atoms with Crippen molar-refractivity contribution in [3.63, 3.8) is 0 Å². The van der Waals surface area contributed by atoms with Gasteiger partial charge in [-0.15, -0.1) is 0 Å². The molecule has 1 saturated heterocycles. The lowest BCUT2D eigenvalue weighted by molar-refractivity contribution is -0.144. The number of hydrogen-bond acceptors (Lipinski definition) is 2. The van der Waals surface area contributed by atoms with E-state index in [0.717, 1.165) is 5.56 Å². The van der Waals surface area contributed by atoms with Gasteiger partial charge in [-0.05, 0) is 44.9 Å². The van der Waals surface area contributed by atoms with Crippen molar-refractivity contribution < 1.29 is 9.18 Å². The van der Waals surface area contributed by atoms with Gasteiger partial charge >= 0.3 is 0 Å². The summed E-state index contributed by atoms with van der Waals surface area (Å²) in [6.07, 6.45) is 1.12. The lowest BCUT2D eigenvalue weighted by atomic mass is 9.86. The molecule has 1 aliphatic heterocycles. The van der Waals surface area contributed by atoms with Crippen molar-refractivity contribution in [2.24, 2.45) is 5.73 Å². The molecule has 0 saturated carbocycles. The van der Waals surface area contributed by atoms with E-state index in [2.05, 4.69) is 15.9 Å². The van der Waals surface area contributed by atoms with Crippen LogP contribution in [0.3, 0.4) is 0 Å². The summed E-state index contributed by atoms with van der Waals surface area (Å²) in [6, 6.07) is 4.16. The van der Waals surface area contributed by atoms with E-state index in [0.29, 0.717) is 17.3 Å². The number of nitrogens with two attached hydrogens (primary N) is 1. The zero-order valence-corrected chi connectivity index (χ0v) is 13.6. The Morgan fingerprint density at radius 1 is 1.40 bits per heavy atom. The average molecular weight is 343 g/mol. The minimum atomic E-state index is -0.326. The molecule has 0 aliphatic carbocycles. The van der Waals surface area contributed by atoms with Gasteiger partial charge in [0.2, 0.25) is 5.91 Å². The molecular weight excluding hydrogens is 323 g/mol. The highest BCUT2D eigenvalue weighted by Gasteiger charge is 2.41. The van der Waals surface area contributed by atoms with Crippen LogP contribution < -0.4 is 5.73 Å². The van der Waals surface area contributed by atoms with Crippen molar-refractivity contribution in [3.05, 3.63) is 34.1 Å². The van der Waals surface area contributed by atoms with E-state index < -0.39 is 0 Å². The smallest absolute Gasteiger partial charge is 0.223 e. The quantitative estimate of drug-likeness (QED) is 0.850. The van der Waals surface area contributed by atoms with Gasteiger partial charge in [-0.1, -0.05) is 22.0 Å². The van der Waals surface area contributed by atoms with Gasteiger partial charge in [-0.25, -0.2) is 4.39 Å². The summed E-state index contributed by atoms with van der Waals surface area (Å²) in [7, 11) is 0. The second kappa shape index (κ2) is 5.45. The standard InChI is InChI=1S/C15H20BrFN2O/c1-15(2,3)19-13(20)7-6-12(18)14(19)10-5-4-9(17)8-11(10)16/h4-5,8,12,14H,6-7,18H2,1-3H3. The minimum absolute atomic E-state index is 0.0976. The summed E-state index contributed by atoms with van der Waals surface area (Å²) < 4.78 is 13.9. The maximum atomic E-state index is 13.3. The minimum Gasteiger partial charge on any atom is -0.329 e. The lowest BCUT2D eigenvalue weighted by Crippen LogP contribution is -2.56. The number of hydrogen-bond donors (Lipinski definition) is 1. The van der Waals surface area contributed by atoms with Crippen LogP contribution in [0.25, 0.3) is 0 Å². The molecule has 1 aliphatic rings. The number of amides is 1. The normalized spacial score (nSPS) is 24.1. The van der Waals surface area contributed by atoms with Crippen molar-refractivity contribution >= 4 is 21.8 Å². The Labute approximate surface area is 127 Å². The van der Waals surface area contributed by atoms with E-state index in [4.69, 9.17) is 5.73 Å². The number of carbonyl (C=O) groups excluding carboxylic acids is 1. The fourth-order valence-corrected chi connectivity index (χ4v) is 3.40. The largest absolute Gasteiger partial charge is 0.329 e. The van der Waals surface area contributed by atoms with Crippen LogP contribution in [0.15, 0.2) is 22.7 Å². The summed E-state index contributed by atoms with van der Waals surface area (Å²) in [4.78, 5) is 14.2. The molecule has 3 nitrogen and oxygen atoms in total. The molecular formula is C15H20BrFN2O. The summed E-state index contributed by atoms with van der Waals surface area (Å²) in [5.41, 5.74) is 6.80. The van der Waals surface area contributed by atoms with Crippen LogP contribution in [0, 0.1) is 5.82 Å². The van der Waals surface area contributed by atoms with Crippen molar-refractivity contribution in [1.29, 1.82) is 0 Å². The lowest BCUT2D eigenvalue weighted by Gasteiger charge is -2.47. The number of halogens is 2. The fourth-order valence-electron chi connectivity index (χ4n) is 2.82. The second-order valence-corrected chi connectivity index (χ2v) is 7.10. The third-order valence-electron chi connectivity index (χ3n) is 3.65. The molecule has 1 heterocycles. The molecule has 0 bridgehead atoms. The first-order chi connectivity index (χ1) is 9.21. The molecule has 2 N–H and O–H groups in total. The molecule has 5 heteroatoms. The van der Waals surface area contributed by atoms with E-state index in [1.807, 2.05) is 25.7 Å². The van der Waals surface area contributed by atoms with Crippen molar-refractivity contribution in [2.45, 2.75) is 51.2 Å². The maximum absolute atomic E-state index is 13.3. The summed E-state index contributed by atoms with van der Waals surface area (Å²) in [6.45, 7) is 5.98. The first kappa shape index (κ1) is 15.4. The molecule has 0 aromatic heterocycles. The van der Waals surface area contributed by atoms with Crippen LogP contribution in [-0.2, 0) is 4.79 Å². The van der Waals surface area contributed by atoms with E-state index in [1.54, 1.807) is 6.07 Å². The number of carbonyl (C=O) groups is 1. The predicted molar refractivity (Wildman–Crippen MR) is 80.6 cm³/mol. The summed E-state index contributed by atoms with van der Waals surface area (Å²) >= 11 is 3.39. The summed E-state index contributed by atoms with van der Waals surface area (Å²) in [5, 5.41) is 0. The Balaban J connectivity index is 2.50. The molecule has 20 heavy (non-hydrogen) atoms. The molecule has 0 radical (unpaired) electrons. The first-order valence-electron chi connectivity index (χ1n) is 6.74. The maximum Gasteiger partial charge on any atom is 0.223 e. The zero-order chi connectivity index (χ0) is 15.1. The fraction of sp³-hybridized carbons (Fsp3) is 0.533. The van der Waals surface area contributed by atoms with Crippen molar-refractivity contribution in [2.75, 3.05) is 0 Å². The summed E-state index contributed by atoms with van der Waals surface area (Å²) in [5.74, 6) is -0.209. The number of nitrogens with zero attached hydrogens (tertiary/aromatic N) is 1. The molecule has 1 fully saturated rings. The Morgan fingerprint density at radius 3 is 2.60 bits per heavy atom. The van der Waals surface area contributed by atoms with Crippen LogP contribution in [0.2, 0.25) is 0 Å². The SMILES string of the molecule is CC(C)(C)N1C(=O)CCC(N)C1c1ccc(F)cc1Br. The van der Waals surface area contributed by atoms with Gasteiger partial charge in [0.25, 0.3) is 0 Å². The molecule has 1 aromatic rings. The van der Waals surface area contributed by atoms with E-state index >= 15 is 0 Å². The molecule has 1 aromatic carbocycles. The number of rotatable bonds is 1. The van der Waals surface area contributed by atoms with Crippen molar-refractivity contribution in [3.8, 4) is 0 Å². The first-order valence-corrected chi connectivity index (χ1v) is 7.54. The monoisotopic (exact) mass is 342 g/mol. The van der Waals surface area contributed by atoms with Gasteiger partial charge in [0.05, 0.1) is 6.04 Å². The molecule has 2 rings (SSSR count). The predicted octanol–water partition coefficient (Wildman–Crippen LogP) is 3.38. The van der Waals surface area contributed by atoms with E-state index in [9.17, 15) is 9.18 Å². The molecule has 2 atom stereocenters. The van der Waals surface area contributed by atoms with Gasteiger partial charge in [0, 0.05) is 22.5 Å². The number of piperidine rings is 1. The third kappa shape index (κ3) is 2.88. The van der Waals surface area contributed by atoms with Crippen molar-refractivity contribution in [1.82, 2.24) is 4.90 Å². The molecule has 2 unspecified atom stereocenters. The van der Waals surface area contributed by atoms with Crippen LogP contribution in [-0.4, -0.2) is 22.4 Å². The highest BCUT2D eigenvalue weighted by molar-refractivity contribution is 9.10. The van der Waals surface area contributed by atoms with Gasteiger partial charge in [0.15, 0.2) is 0 Å². The molecule has 110 valence electrons. The average Bonchev–Trinajstić information content (AvgIpc) is 2.31. The highest BCUT2D eigenvalue weighted by atomic mass is 79.9. The Morgan fingerprint density at radius 2 is 2.05 bits per heavy atom. The Kier molecular flexibility index (Phi) is 4.21. The van der Waals surface area contributed by atoms with Crippen LogP contribution in [0.1, 0.15) is 45.2 Å². The van der Waals surface area contributed by atoms with E-state index in [-0.39, 0.29) is 29.3 Å². The van der Waals surface area contributed by atoms with Gasteiger partial charge in [0.1, 0.15) is 5.82 Å². The number of likely N-dealkylation sites (tertiary alicyclic amines) is 1. The highest BCUT2D eigenvalue weighted by Crippen LogP contribution is 2.39. The van der Waals surface area contributed by atoms with Crippen LogP contribution in [0.4, 0.5) is 4.39 Å². The topological polar surface area (TPSA) is 46.3 Å². The van der Waals surface area contributed by atoms with Crippen LogP contribution in [0.5, 0.6) is 0 Å². The van der Waals surface area contributed by atoms with E-state index in [1.165, 1.54) is 12.1 Å². The Bertz CT molecular complexity index is 527.